The van der Waals surface area contributed by atoms with Gasteiger partial charge in [0.25, 0.3) is 0 Å². The van der Waals surface area contributed by atoms with Gasteiger partial charge in [-0.2, -0.15) is 0 Å². The van der Waals surface area contributed by atoms with Crippen molar-refractivity contribution in [2.24, 2.45) is 11.7 Å². The van der Waals surface area contributed by atoms with Gasteiger partial charge in [-0.05, 0) is 38.9 Å². The third kappa shape index (κ3) is 3.93. The lowest BCUT2D eigenvalue weighted by molar-refractivity contribution is -0.123. The van der Waals surface area contributed by atoms with E-state index in [4.69, 9.17) is 5.73 Å². The fraction of sp³-hybridized carbons (Fsp3) is 0.500. The Bertz CT molecular complexity index is 338. The molecule has 1 rings (SSSR count). The Balaban J connectivity index is 2.40. The number of rotatable bonds is 4. The third-order valence-corrected chi connectivity index (χ3v) is 3.66. The van der Waals surface area contributed by atoms with E-state index in [2.05, 4.69) is 21.2 Å². The van der Waals surface area contributed by atoms with Crippen molar-refractivity contribution in [3.05, 3.63) is 20.8 Å². The van der Waals surface area contributed by atoms with Gasteiger partial charge in [0.15, 0.2) is 0 Å². The highest BCUT2D eigenvalue weighted by molar-refractivity contribution is 9.11. The molecule has 0 fully saturated rings. The summed E-state index contributed by atoms with van der Waals surface area (Å²) in [7, 11) is 0. The smallest absolute Gasteiger partial charge is 0.237 e. The van der Waals surface area contributed by atoms with Gasteiger partial charge in [0.2, 0.25) is 5.91 Å². The molecule has 1 aromatic rings. The summed E-state index contributed by atoms with van der Waals surface area (Å²) in [6.45, 7) is 4.41. The number of hydrogen-bond acceptors (Lipinski definition) is 3. The van der Waals surface area contributed by atoms with Crippen LogP contribution in [0.25, 0.3) is 0 Å². The molecule has 1 unspecified atom stereocenters. The largest absolute Gasteiger partial charge is 0.351 e. The first-order valence-corrected chi connectivity index (χ1v) is 6.44. The Morgan fingerprint density at radius 1 is 1.67 bits per heavy atom. The molecule has 0 bridgehead atoms. The maximum absolute atomic E-state index is 11.5. The number of nitrogens with one attached hydrogen (secondary N) is 1. The van der Waals surface area contributed by atoms with Crippen molar-refractivity contribution in [1.82, 2.24) is 5.32 Å². The summed E-state index contributed by atoms with van der Waals surface area (Å²) >= 11 is 4.98. The minimum absolute atomic E-state index is 0.0904. The van der Waals surface area contributed by atoms with Gasteiger partial charge in [0.1, 0.15) is 0 Å². The van der Waals surface area contributed by atoms with Crippen LogP contribution < -0.4 is 11.1 Å². The van der Waals surface area contributed by atoms with Gasteiger partial charge in [-0.15, -0.1) is 11.3 Å². The van der Waals surface area contributed by atoms with Crippen LogP contribution in [-0.4, -0.2) is 11.9 Å². The highest BCUT2D eigenvalue weighted by Gasteiger charge is 2.16. The molecule has 0 aliphatic carbocycles. The summed E-state index contributed by atoms with van der Waals surface area (Å²) < 4.78 is 1.07. The van der Waals surface area contributed by atoms with Crippen LogP contribution in [0.2, 0.25) is 0 Å². The summed E-state index contributed by atoms with van der Waals surface area (Å²) in [4.78, 5) is 11.5. The first kappa shape index (κ1) is 12.7. The minimum Gasteiger partial charge on any atom is -0.351 e. The Morgan fingerprint density at radius 3 is 2.80 bits per heavy atom. The van der Waals surface area contributed by atoms with Crippen LogP contribution in [0.4, 0.5) is 0 Å². The maximum Gasteiger partial charge on any atom is 0.237 e. The summed E-state index contributed by atoms with van der Waals surface area (Å²) in [5.74, 6) is 0.0755. The Kier molecular flexibility index (Phi) is 4.76. The van der Waals surface area contributed by atoms with Crippen LogP contribution in [0.15, 0.2) is 15.2 Å². The van der Waals surface area contributed by atoms with E-state index in [1.807, 2.05) is 25.3 Å². The van der Waals surface area contributed by atoms with Gasteiger partial charge >= 0.3 is 0 Å². The molecule has 0 radical (unpaired) electrons. The highest BCUT2D eigenvalue weighted by atomic mass is 79.9. The highest BCUT2D eigenvalue weighted by Crippen LogP contribution is 2.20. The molecule has 3 N–H and O–H groups in total. The second-order valence-corrected chi connectivity index (χ2v) is 6.04. The molecular formula is C10H15BrN2OS. The molecule has 0 saturated carbocycles. The molecule has 0 saturated heterocycles. The van der Waals surface area contributed by atoms with E-state index in [1.54, 1.807) is 11.3 Å². The summed E-state index contributed by atoms with van der Waals surface area (Å²) in [5, 5.41) is 4.82. The van der Waals surface area contributed by atoms with E-state index >= 15 is 0 Å². The van der Waals surface area contributed by atoms with Gasteiger partial charge in [-0.1, -0.05) is 13.8 Å². The Labute approximate surface area is 102 Å². The molecule has 5 heteroatoms. The molecule has 1 heterocycles. The van der Waals surface area contributed by atoms with E-state index < -0.39 is 6.04 Å². The van der Waals surface area contributed by atoms with Gasteiger partial charge in [-0.25, -0.2) is 0 Å². The second kappa shape index (κ2) is 5.63. The molecule has 0 aliphatic rings. The van der Waals surface area contributed by atoms with Crippen molar-refractivity contribution in [1.29, 1.82) is 0 Å². The molecule has 84 valence electrons. The molecular weight excluding hydrogens is 276 g/mol. The monoisotopic (exact) mass is 290 g/mol. The molecule has 0 spiro atoms. The lowest BCUT2D eigenvalue weighted by atomic mass is 10.1. The lowest BCUT2D eigenvalue weighted by Gasteiger charge is -2.14. The van der Waals surface area contributed by atoms with E-state index in [0.29, 0.717) is 6.54 Å². The zero-order valence-corrected chi connectivity index (χ0v) is 11.2. The quantitative estimate of drug-likeness (QED) is 0.892. The second-order valence-electron chi connectivity index (χ2n) is 3.75. The number of carbonyl (C=O) groups excluding carboxylic acids is 1. The van der Waals surface area contributed by atoms with Crippen LogP contribution in [0.1, 0.15) is 19.4 Å². The van der Waals surface area contributed by atoms with Gasteiger partial charge in [0.05, 0.1) is 9.83 Å². The summed E-state index contributed by atoms with van der Waals surface area (Å²) in [5.41, 5.74) is 6.80. The zero-order valence-electron chi connectivity index (χ0n) is 8.79. The van der Waals surface area contributed by atoms with Crippen molar-refractivity contribution in [2.45, 2.75) is 26.4 Å². The minimum atomic E-state index is -0.424. The first-order chi connectivity index (χ1) is 7.00. The van der Waals surface area contributed by atoms with Crippen molar-refractivity contribution in [2.75, 3.05) is 0 Å². The standard InChI is InChI=1S/C10H15BrN2OS/c1-6(2)9(12)10(14)13-4-7-3-8(11)15-5-7/h3,5-6,9H,4,12H2,1-2H3,(H,13,14). The average molecular weight is 291 g/mol. The van der Waals surface area contributed by atoms with Crippen LogP contribution >= 0.6 is 27.3 Å². The summed E-state index contributed by atoms with van der Waals surface area (Å²) in [6, 6.07) is 1.57. The van der Waals surface area contributed by atoms with E-state index in [1.165, 1.54) is 0 Å². The van der Waals surface area contributed by atoms with Crippen molar-refractivity contribution >= 4 is 33.2 Å². The van der Waals surface area contributed by atoms with Gasteiger partial charge in [0, 0.05) is 6.54 Å². The zero-order chi connectivity index (χ0) is 11.4. The van der Waals surface area contributed by atoms with Crippen LogP contribution in [-0.2, 0) is 11.3 Å². The first-order valence-electron chi connectivity index (χ1n) is 4.77. The average Bonchev–Trinajstić information content (AvgIpc) is 2.59. The third-order valence-electron chi connectivity index (χ3n) is 2.11. The van der Waals surface area contributed by atoms with Crippen molar-refractivity contribution < 1.29 is 4.79 Å². The van der Waals surface area contributed by atoms with Crippen molar-refractivity contribution in [3.8, 4) is 0 Å². The van der Waals surface area contributed by atoms with Crippen LogP contribution in [0.5, 0.6) is 0 Å². The molecule has 3 nitrogen and oxygen atoms in total. The van der Waals surface area contributed by atoms with Crippen LogP contribution in [0, 0.1) is 5.92 Å². The molecule has 0 aliphatic heterocycles. The van der Waals surface area contributed by atoms with Crippen molar-refractivity contribution in [3.63, 3.8) is 0 Å². The number of amides is 1. The van der Waals surface area contributed by atoms with E-state index in [-0.39, 0.29) is 11.8 Å². The maximum atomic E-state index is 11.5. The number of halogens is 1. The number of nitrogens with two attached hydrogens (primary N) is 1. The predicted molar refractivity (Wildman–Crippen MR) is 66.7 cm³/mol. The predicted octanol–water partition coefficient (Wildman–Crippen LogP) is 2.11. The molecule has 1 aromatic heterocycles. The molecule has 15 heavy (non-hydrogen) atoms. The molecule has 1 amide bonds. The van der Waals surface area contributed by atoms with Crippen LogP contribution in [0.3, 0.4) is 0 Å². The number of hydrogen-bond donors (Lipinski definition) is 2. The number of carbonyl (C=O) groups is 1. The fourth-order valence-corrected chi connectivity index (χ4v) is 2.26. The van der Waals surface area contributed by atoms with Gasteiger partial charge < -0.3 is 11.1 Å². The summed E-state index contributed by atoms with van der Waals surface area (Å²) in [6.07, 6.45) is 0. The van der Waals surface area contributed by atoms with E-state index in [9.17, 15) is 4.79 Å². The van der Waals surface area contributed by atoms with E-state index in [0.717, 1.165) is 9.35 Å². The topological polar surface area (TPSA) is 55.1 Å². The van der Waals surface area contributed by atoms with Gasteiger partial charge in [-0.3, -0.25) is 4.79 Å². The Hall–Kier alpha value is -0.390. The lowest BCUT2D eigenvalue weighted by Crippen LogP contribution is -2.43. The molecule has 0 aromatic carbocycles. The fourth-order valence-electron chi connectivity index (χ4n) is 1.05. The Morgan fingerprint density at radius 2 is 2.33 bits per heavy atom. The SMILES string of the molecule is CC(C)C(N)C(=O)NCc1csc(Br)c1. The number of thiophene rings is 1. The normalized spacial score (nSPS) is 12.9. The molecule has 1 atom stereocenters.